The highest BCUT2D eigenvalue weighted by atomic mass is 19.3. The highest BCUT2D eigenvalue weighted by molar-refractivity contribution is 5.86. The summed E-state index contributed by atoms with van der Waals surface area (Å²) < 4.78 is 53.5. The van der Waals surface area contributed by atoms with Gasteiger partial charge in [0.1, 0.15) is 0 Å². The van der Waals surface area contributed by atoms with E-state index in [1.165, 1.54) is 0 Å². The van der Waals surface area contributed by atoms with Gasteiger partial charge in [-0.2, -0.15) is 8.78 Å². The third-order valence-electron chi connectivity index (χ3n) is 1.59. The SMILES string of the molecule is COC(=O)C(O)(NC(C)=O)C(F)(F)C(F)F. The van der Waals surface area contributed by atoms with E-state index in [4.69, 9.17) is 5.11 Å². The Hall–Kier alpha value is -1.38. The zero-order valence-electron chi connectivity index (χ0n) is 8.26. The van der Waals surface area contributed by atoms with E-state index in [-0.39, 0.29) is 0 Å². The molecule has 0 rings (SSSR count). The van der Waals surface area contributed by atoms with E-state index >= 15 is 0 Å². The van der Waals surface area contributed by atoms with Crippen molar-refractivity contribution in [2.45, 2.75) is 25.0 Å². The number of hydrogen-bond donors (Lipinski definition) is 2. The molecule has 0 aliphatic carbocycles. The number of amides is 1. The molecule has 0 aromatic heterocycles. The minimum absolute atomic E-state index is 0.594. The molecule has 1 atom stereocenters. The molecule has 0 saturated carbocycles. The van der Waals surface area contributed by atoms with E-state index in [0.29, 0.717) is 14.0 Å². The first-order valence-electron chi connectivity index (χ1n) is 3.85. The number of hydrogen-bond acceptors (Lipinski definition) is 4. The van der Waals surface area contributed by atoms with Crippen molar-refractivity contribution in [2.75, 3.05) is 7.11 Å². The van der Waals surface area contributed by atoms with Crippen LogP contribution in [0.4, 0.5) is 17.6 Å². The van der Waals surface area contributed by atoms with Gasteiger partial charge in [0.25, 0.3) is 0 Å². The lowest BCUT2D eigenvalue weighted by Gasteiger charge is -2.32. The van der Waals surface area contributed by atoms with E-state index in [1.54, 1.807) is 0 Å². The van der Waals surface area contributed by atoms with Crippen molar-refractivity contribution in [1.82, 2.24) is 5.32 Å². The van der Waals surface area contributed by atoms with Gasteiger partial charge >= 0.3 is 24.0 Å². The van der Waals surface area contributed by atoms with Crippen LogP contribution in [0.2, 0.25) is 0 Å². The summed E-state index contributed by atoms with van der Waals surface area (Å²) in [5.74, 6) is -8.56. The smallest absolute Gasteiger partial charge is 0.366 e. The molecule has 0 spiro atoms. The van der Waals surface area contributed by atoms with Crippen LogP contribution in [0.3, 0.4) is 0 Å². The largest absolute Gasteiger partial charge is 0.465 e. The molecular weight excluding hydrogens is 238 g/mol. The maximum absolute atomic E-state index is 12.9. The number of alkyl halides is 4. The van der Waals surface area contributed by atoms with E-state index in [0.717, 1.165) is 5.32 Å². The minimum Gasteiger partial charge on any atom is -0.465 e. The lowest BCUT2D eigenvalue weighted by molar-refractivity contribution is -0.256. The highest BCUT2D eigenvalue weighted by Gasteiger charge is 2.66. The fraction of sp³-hybridized carbons (Fsp3) is 0.714. The second kappa shape index (κ2) is 4.64. The van der Waals surface area contributed by atoms with Crippen LogP contribution in [-0.2, 0) is 14.3 Å². The Morgan fingerprint density at radius 3 is 2.06 bits per heavy atom. The van der Waals surface area contributed by atoms with Crippen molar-refractivity contribution in [3.05, 3.63) is 0 Å². The number of carbonyl (C=O) groups is 2. The highest BCUT2D eigenvalue weighted by Crippen LogP contribution is 2.34. The fourth-order valence-corrected chi connectivity index (χ4v) is 0.831. The molecule has 9 heteroatoms. The summed E-state index contributed by atoms with van der Waals surface area (Å²) in [5, 5.41) is 10.2. The van der Waals surface area contributed by atoms with Crippen molar-refractivity contribution in [3.8, 4) is 0 Å². The van der Waals surface area contributed by atoms with E-state index in [1.807, 2.05) is 0 Å². The van der Waals surface area contributed by atoms with Crippen LogP contribution in [0.1, 0.15) is 6.92 Å². The second-order valence-corrected chi connectivity index (χ2v) is 2.81. The van der Waals surface area contributed by atoms with Gasteiger partial charge in [-0.3, -0.25) is 4.79 Å². The first-order chi connectivity index (χ1) is 7.09. The number of carbonyl (C=O) groups excluding carboxylic acids is 2. The number of nitrogens with one attached hydrogen (secondary N) is 1. The molecule has 16 heavy (non-hydrogen) atoms. The first-order valence-corrected chi connectivity index (χ1v) is 3.85. The summed E-state index contributed by atoms with van der Waals surface area (Å²) in [4.78, 5) is 21.3. The van der Waals surface area contributed by atoms with Gasteiger partial charge in [0.15, 0.2) is 0 Å². The predicted molar refractivity (Wildman–Crippen MR) is 41.7 cm³/mol. The third-order valence-corrected chi connectivity index (χ3v) is 1.59. The number of aliphatic hydroxyl groups is 1. The van der Waals surface area contributed by atoms with Crippen LogP contribution in [0.5, 0.6) is 0 Å². The zero-order chi connectivity index (χ0) is 13.1. The van der Waals surface area contributed by atoms with Crippen LogP contribution >= 0.6 is 0 Å². The zero-order valence-corrected chi connectivity index (χ0v) is 8.26. The molecule has 0 radical (unpaired) electrons. The Balaban J connectivity index is 5.39. The lowest BCUT2D eigenvalue weighted by Crippen LogP contribution is -2.68. The average Bonchev–Trinajstić information content (AvgIpc) is 2.14. The molecule has 0 heterocycles. The van der Waals surface area contributed by atoms with Crippen LogP contribution in [0.15, 0.2) is 0 Å². The first kappa shape index (κ1) is 14.6. The van der Waals surface area contributed by atoms with Gasteiger partial charge in [0.05, 0.1) is 7.11 Å². The number of halogens is 4. The average molecular weight is 247 g/mol. The number of methoxy groups -OCH3 is 1. The Morgan fingerprint density at radius 1 is 1.38 bits per heavy atom. The molecule has 1 amide bonds. The molecule has 5 nitrogen and oxygen atoms in total. The Kier molecular flexibility index (Phi) is 4.24. The summed E-state index contributed by atoms with van der Waals surface area (Å²) in [5.41, 5.74) is -4.10. The number of ether oxygens (including phenoxy) is 1. The number of esters is 1. The van der Waals surface area contributed by atoms with E-state index in [2.05, 4.69) is 4.74 Å². The van der Waals surface area contributed by atoms with Crippen molar-refractivity contribution < 1.29 is 37.0 Å². The summed E-state index contributed by atoms with van der Waals surface area (Å²) in [6.45, 7) is 0.662. The normalized spacial score (nSPS) is 15.5. The van der Waals surface area contributed by atoms with Crippen molar-refractivity contribution >= 4 is 11.9 Å². The Morgan fingerprint density at radius 2 is 1.81 bits per heavy atom. The van der Waals surface area contributed by atoms with Crippen LogP contribution in [0.25, 0.3) is 0 Å². The van der Waals surface area contributed by atoms with Gasteiger partial charge in [-0.1, -0.05) is 0 Å². The van der Waals surface area contributed by atoms with E-state index in [9.17, 15) is 27.2 Å². The predicted octanol–water partition coefficient (Wildman–Crippen LogP) is -0.116. The molecule has 0 aliphatic rings. The standard InChI is InChI=1S/C7H9F4NO4/c1-3(13)12-7(15,5(14)16-2)6(10,11)4(8)9/h4,15H,1-2H3,(H,12,13). The summed E-state index contributed by atoms with van der Waals surface area (Å²) in [6, 6.07) is 0. The molecule has 0 aromatic rings. The number of rotatable bonds is 4. The van der Waals surface area contributed by atoms with Gasteiger partial charge in [0, 0.05) is 6.92 Å². The molecular formula is C7H9F4NO4. The monoisotopic (exact) mass is 247 g/mol. The maximum Gasteiger partial charge on any atom is 0.366 e. The summed E-state index contributed by atoms with van der Waals surface area (Å²) >= 11 is 0. The van der Waals surface area contributed by atoms with Crippen molar-refractivity contribution in [1.29, 1.82) is 0 Å². The topological polar surface area (TPSA) is 75.6 Å². The second-order valence-electron chi connectivity index (χ2n) is 2.81. The molecule has 0 aromatic carbocycles. The minimum atomic E-state index is -5.17. The molecule has 0 fully saturated rings. The van der Waals surface area contributed by atoms with Gasteiger partial charge in [-0.05, 0) is 0 Å². The van der Waals surface area contributed by atoms with Crippen LogP contribution in [0, 0.1) is 0 Å². The molecule has 0 saturated heterocycles. The molecule has 2 N–H and O–H groups in total. The lowest BCUT2D eigenvalue weighted by atomic mass is 10.1. The van der Waals surface area contributed by atoms with Gasteiger partial charge in [0.2, 0.25) is 5.91 Å². The van der Waals surface area contributed by atoms with Crippen LogP contribution in [-0.4, -0.2) is 42.2 Å². The molecule has 0 aliphatic heterocycles. The Labute approximate surface area is 87.4 Å². The maximum atomic E-state index is 12.9. The summed E-state index contributed by atoms with van der Waals surface area (Å²) in [7, 11) is 0.594. The van der Waals surface area contributed by atoms with Crippen LogP contribution < -0.4 is 5.32 Å². The third kappa shape index (κ3) is 2.40. The van der Waals surface area contributed by atoms with E-state index < -0.39 is 29.9 Å². The molecule has 1 unspecified atom stereocenters. The Bertz CT molecular complexity index is 296. The van der Waals surface area contributed by atoms with Gasteiger partial charge in [-0.15, -0.1) is 0 Å². The van der Waals surface area contributed by atoms with Crippen molar-refractivity contribution in [2.24, 2.45) is 0 Å². The van der Waals surface area contributed by atoms with Crippen molar-refractivity contribution in [3.63, 3.8) is 0 Å². The fourth-order valence-electron chi connectivity index (χ4n) is 0.831. The quantitative estimate of drug-likeness (QED) is 0.412. The molecule has 0 bridgehead atoms. The summed E-state index contributed by atoms with van der Waals surface area (Å²) in [6.07, 6.45) is -4.36. The molecule has 94 valence electrons. The van der Waals surface area contributed by atoms with Gasteiger partial charge < -0.3 is 15.2 Å². The van der Waals surface area contributed by atoms with Gasteiger partial charge in [-0.25, -0.2) is 13.6 Å².